The molecule has 0 aliphatic carbocycles. The molecule has 0 N–H and O–H groups in total. The molecule has 8 aromatic carbocycles. The molecule has 0 spiro atoms. The molecule has 3 heterocycles. The van der Waals surface area contributed by atoms with Gasteiger partial charge in [-0.15, -0.1) is 11.3 Å². The summed E-state index contributed by atoms with van der Waals surface area (Å²) in [5.41, 5.74) is 12.0. The highest BCUT2D eigenvalue weighted by Crippen LogP contribution is 2.47. The molecule has 11 aromatic rings. The van der Waals surface area contributed by atoms with Crippen molar-refractivity contribution < 1.29 is 0 Å². The van der Waals surface area contributed by atoms with Crippen molar-refractivity contribution in [1.82, 2.24) is 9.13 Å². The lowest BCUT2D eigenvalue weighted by Crippen LogP contribution is -1.99. The Morgan fingerprint density at radius 3 is 1.76 bits per heavy atom. The molecule has 0 fully saturated rings. The van der Waals surface area contributed by atoms with Gasteiger partial charge >= 0.3 is 0 Å². The first-order valence-electron chi connectivity index (χ1n) is 17.4. The van der Waals surface area contributed by atoms with Crippen LogP contribution in [-0.2, 0) is 0 Å². The van der Waals surface area contributed by atoms with Crippen molar-refractivity contribution in [3.63, 3.8) is 0 Å². The maximum Gasteiger partial charge on any atom is 0.0795 e. The first kappa shape index (κ1) is 28.4. The van der Waals surface area contributed by atoms with Crippen LogP contribution in [0, 0.1) is 0 Å². The van der Waals surface area contributed by atoms with Crippen LogP contribution in [0.3, 0.4) is 0 Å². The van der Waals surface area contributed by atoms with E-state index in [1.807, 2.05) is 11.3 Å². The molecule has 3 aromatic heterocycles. The molecule has 2 nitrogen and oxygen atoms in total. The van der Waals surface area contributed by atoms with Crippen LogP contribution in [0.5, 0.6) is 0 Å². The highest BCUT2D eigenvalue weighted by molar-refractivity contribution is 7.25. The lowest BCUT2D eigenvalue weighted by molar-refractivity contribution is 1.15. The Balaban J connectivity index is 1.34. The number of hydrogen-bond donors (Lipinski definition) is 0. The molecule has 0 aliphatic rings. The van der Waals surface area contributed by atoms with Crippen LogP contribution in [0.4, 0.5) is 0 Å². The van der Waals surface area contributed by atoms with Gasteiger partial charge in [-0.2, -0.15) is 0 Å². The molecular formula is C48H30N2S. The molecule has 3 heteroatoms. The lowest BCUT2D eigenvalue weighted by atomic mass is 9.95. The summed E-state index contributed by atoms with van der Waals surface area (Å²) in [6.07, 6.45) is 0. The number of hydrogen-bond acceptors (Lipinski definition) is 1. The molecular weight excluding hydrogens is 637 g/mol. The minimum Gasteiger partial charge on any atom is -0.307 e. The average Bonchev–Trinajstić information content (AvgIpc) is 3.86. The highest BCUT2D eigenvalue weighted by Gasteiger charge is 2.24. The van der Waals surface area contributed by atoms with E-state index in [9.17, 15) is 0 Å². The third kappa shape index (κ3) is 4.22. The van der Waals surface area contributed by atoms with Gasteiger partial charge in [-0.25, -0.2) is 0 Å². The van der Waals surface area contributed by atoms with E-state index in [2.05, 4.69) is 191 Å². The van der Waals surface area contributed by atoms with Crippen molar-refractivity contribution in [2.24, 2.45) is 0 Å². The lowest BCUT2D eigenvalue weighted by Gasteiger charge is -2.15. The largest absolute Gasteiger partial charge is 0.307 e. The fraction of sp³-hybridized carbons (Fsp3) is 0. The Hall–Kier alpha value is -6.42. The Morgan fingerprint density at radius 1 is 0.333 bits per heavy atom. The van der Waals surface area contributed by atoms with Gasteiger partial charge in [0.15, 0.2) is 0 Å². The van der Waals surface area contributed by atoms with Crippen molar-refractivity contribution in [2.45, 2.75) is 0 Å². The van der Waals surface area contributed by atoms with Gasteiger partial charge in [-0.1, -0.05) is 121 Å². The van der Waals surface area contributed by atoms with Gasteiger partial charge in [0.1, 0.15) is 0 Å². The fourth-order valence-electron chi connectivity index (χ4n) is 8.29. The number of rotatable bonds is 4. The summed E-state index contributed by atoms with van der Waals surface area (Å²) >= 11 is 1.87. The molecule has 238 valence electrons. The SMILES string of the molecule is c1ccc(-c2cccc(-n3c4ccccc4c4cc(-c5ccc6sc7ccccc7c6c5)c5c6ccccc6n(-c6ccccc6)c5c43)c2)cc1. The van der Waals surface area contributed by atoms with E-state index in [1.165, 1.54) is 86.0 Å². The normalized spacial score (nSPS) is 11.9. The van der Waals surface area contributed by atoms with Gasteiger partial charge in [-0.3, -0.25) is 0 Å². The monoisotopic (exact) mass is 666 g/mol. The topological polar surface area (TPSA) is 9.86 Å². The Labute approximate surface area is 298 Å². The van der Waals surface area contributed by atoms with Crippen LogP contribution >= 0.6 is 11.3 Å². The van der Waals surface area contributed by atoms with E-state index in [4.69, 9.17) is 0 Å². The van der Waals surface area contributed by atoms with Crippen LogP contribution in [0.15, 0.2) is 182 Å². The molecule has 0 saturated heterocycles. The first-order valence-corrected chi connectivity index (χ1v) is 18.3. The molecule has 0 bridgehead atoms. The third-order valence-electron chi connectivity index (χ3n) is 10.5. The van der Waals surface area contributed by atoms with Gasteiger partial charge in [0.05, 0.1) is 22.1 Å². The van der Waals surface area contributed by atoms with Crippen molar-refractivity contribution >= 4 is 75.1 Å². The Kier molecular flexibility index (Phi) is 6.16. The molecule has 0 radical (unpaired) electrons. The summed E-state index contributed by atoms with van der Waals surface area (Å²) in [7, 11) is 0. The molecule has 0 atom stereocenters. The zero-order valence-corrected chi connectivity index (χ0v) is 28.4. The second-order valence-corrected chi connectivity index (χ2v) is 14.4. The molecule has 51 heavy (non-hydrogen) atoms. The van der Waals surface area contributed by atoms with Crippen molar-refractivity contribution in [3.8, 4) is 33.6 Å². The fourth-order valence-corrected chi connectivity index (χ4v) is 9.37. The molecule has 0 aliphatic heterocycles. The summed E-state index contributed by atoms with van der Waals surface area (Å²) < 4.78 is 7.63. The maximum absolute atomic E-state index is 2.50. The van der Waals surface area contributed by atoms with Crippen LogP contribution in [0.1, 0.15) is 0 Å². The van der Waals surface area contributed by atoms with Crippen molar-refractivity contribution in [3.05, 3.63) is 182 Å². The van der Waals surface area contributed by atoms with Gasteiger partial charge < -0.3 is 9.13 Å². The second kappa shape index (κ2) is 11.0. The van der Waals surface area contributed by atoms with Gasteiger partial charge in [0, 0.05) is 53.1 Å². The predicted octanol–water partition coefficient (Wildman–Crippen LogP) is 13.6. The number of fused-ring (bicyclic) bond motifs is 10. The van der Waals surface area contributed by atoms with E-state index >= 15 is 0 Å². The van der Waals surface area contributed by atoms with Crippen LogP contribution in [0.2, 0.25) is 0 Å². The second-order valence-electron chi connectivity index (χ2n) is 13.3. The van der Waals surface area contributed by atoms with E-state index < -0.39 is 0 Å². The zero-order chi connectivity index (χ0) is 33.5. The number of nitrogens with zero attached hydrogens (tertiary/aromatic N) is 2. The quantitative estimate of drug-likeness (QED) is 0.177. The minimum atomic E-state index is 1.15. The Morgan fingerprint density at radius 2 is 0.941 bits per heavy atom. The number of para-hydroxylation sites is 3. The molecule has 0 saturated carbocycles. The smallest absolute Gasteiger partial charge is 0.0795 e. The maximum atomic E-state index is 2.50. The number of benzene rings is 8. The molecule has 11 rings (SSSR count). The zero-order valence-electron chi connectivity index (χ0n) is 27.6. The van der Waals surface area contributed by atoms with Gasteiger partial charge in [0.2, 0.25) is 0 Å². The van der Waals surface area contributed by atoms with E-state index in [1.54, 1.807) is 0 Å². The average molecular weight is 667 g/mol. The number of aromatic nitrogens is 2. The summed E-state index contributed by atoms with van der Waals surface area (Å²) in [5, 5.41) is 7.63. The van der Waals surface area contributed by atoms with E-state index in [-0.39, 0.29) is 0 Å². The summed E-state index contributed by atoms with van der Waals surface area (Å²) in [5.74, 6) is 0. The first-order chi connectivity index (χ1) is 25.3. The highest BCUT2D eigenvalue weighted by atomic mass is 32.1. The molecule has 0 amide bonds. The Bertz CT molecular complexity index is 3130. The molecule has 0 unspecified atom stereocenters. The van der Waals surface area contributed by atoms with Crippen molar-refractivity contribution in [2.75, 3.05) is 0 Å². The van der Waals surface area contributed by atoms with Crippen LogP contribution in [0.25, 0.3) is 97.4 Å². The third-order valence-corrected chi connectivity index (χ3v) is 11.6. The minimum absolute atomic E-state index is 1.15. The van der Waals surface area contributed by atoms with Crippen LogP contribution in [-0.4, -0.2) is 9.13 Å². The summed E-state index contributed by atoms with van der Waals surface area (Å²) in [6.45, 7) is 0. The van der Waals surface area contributed by atoms with E-state index in [0.29, 0.717) is 0 Å². The standard InChI is InChI=1S/C48H30N2S/c1-3-14-31(15-4-1)32-16-13-19-35(28-32)50-42-23-10-7-20-36(42)41-30-39(33-26-27-45-40(29-33)37-21-9-12-25-44(37)51-45)46-38-22-8-11-24-43(38)49(48(46)47(41)50)34-17-5-2-6-18-34/h1-30H. The summed E-state index contributed by atoms with van der Waals surface area (Å²) in [6, 6.07) is 66.7. The predicted molar refractivity (Wildman–Crippen MR) is 219 cm³/mol. The van der Waals surface area contributed by atoms with Gasteiger partial charge in [0.25, 0.3) is 0 Å². The van der Waals surface area contributed by atoms with Crippen LogP contribution < -0.4 is 0 Å². The van der Waals surface area contributed by atoms with Gasteiger partial charge in [-0.05, 0) is 82.9 Å². The van der Waals surface area contributed by atoms with Crippen molar-refractivity contribution in [1.29, 1.82) is 0 Å². The number of thiophene rings is 1. The van der Waals surface area contributed by atoms with E-state index in [0.717, 1.165) is 11.4 Å². The summed E-state index contributed by atoms with van der Waals surface area (Å²) in [4.78, 5) is 0.